The molecular formula is C15H19N3O2S. The second-order valence-electron chi connectivity index (χ2n) is 4.85. The van der Waals surface area contributed by atoms with E-state index >= 15 is 0 Å². The molecule has 0 radical (unpaired) electrons. The third-order valence-electron chi connectivity index (χ3n) is 3.19. The molecule has 0 amide bonds. The highest BCUT2D eigenvalue weighted by molar-refractivity contribution is 7.99. The first-order valence-electron chi connectivity index (χ1n) is 6.95. The maximum Gasteiger partial charge on any atom is 0.313 e. The van der Waals surface area contributed by atoms with Crippen LogP contribution in [0.3, 0.4) is 0 Å². The maximum absolute atomic E-state index is 10.6. The topological polar surface area (TPSA) is 68.0 Å². The average molecular weight is 305 g/mol. The molecule has 0 atom stereocenters. The fourth-order valence-electron chi connectivity index (χ4n) is 2.02. The zero-order valence-corrected chi connectivity index (χ0v) is 13.1. The molecule has 0 fully saturated rings. The summed E-state index contributed by atoms with van der Waals surface area (Å²) >= 11 is 1.17. The van der Waals surface area contributed by atoms with Crippen molar-refractivity contribution in [1.29, 1.82) is 0 Å². The number of aromatic nitrogens is 3. The molecule has 0 aliphatic carbocycles. The van der Waals surface area contributed by atoms with Crippen LogP contribution in [0, 0.1) is 0 Å². The Morgan fingerprint density at radius 3 is 2.62 bits per heavy atom. The van der Waals surface area contributed by atoms with Crippen LogP contribution in [0.15, 0.2) is 29.4 Å². The van der Waals surface area contributed by atoms with Crippen LogP contribution >= 0.6 is 11.8 Å². The van der Waals surface area contributed by atoms with Crippen LogP contribution in [-0.4, -0.2) is 31.6 Å². The summed E-state index contributed by atoms with van der Waals surface area (Å²) in [6.45, 7) is 2.18. The molecule has 0 aliphatic heterocycles. The molecule has 6 heteroatoms. The molecule has 2 aromatic rings. The number of carbonyl (C=O) groups is 1. The van der Waals surface area contributed by atoms with Crippen LogP contribution in [0.4, 0.5) is 0 Å². The Hall–Kier alpha value is -1.82. The molecule has 1 heterocycles. The molecule has 0 saturated carbocycles. The molecule has 5 nitrogen and oxygen atoms in total. The predicted octanol–water partition coefficient (Wildman–Crippen LogP) is 3.00. The normalized spacial score (nSPS) is 10.8. The molecule has 112 valence electrons. The van der Waals surface area contributed by atoms with E-state index in [0.29, 0.717) is 5.16 Å². The molecule has 1 N–H and O–H groups in total. The number of thioether (sulfide) groups is 1. The number of carboxylic acids is 1. The largest absolute Gasteiger partial charge is 0.481 e. The van der Waals surface area contributed by atoms with Crippen LogP contribution in [-0.2, 0) is 18.3 Å². The molecule has 0 aliphatic rings. The van der Waals surface area contributed by atoms with E-state index in [0.717, 1.165) is 17.8 Å². The number of hydrogen-bond acceptors (Lipinski definition) is 4. The second kappa shape index (κ2) is 7.26. The summed E-state index contributed by atoms with van der Waals surface area (Å²) in [6.07, 6.45) is 3.48. The molecule has 1 aromatic carbocycles. The van der Waals surface area contributed by atoms with Crippen molar-refractivity contribution in [3.05, 3.63) is 29.8 Å². The van der Waals surface area contributed by atoms with Crippen molar-refractivity contribution in [2.45, 2.75) is 31.3 Å². The molecule has 0 spiro atoms. The van der Waals surface area contributed by atoms with Crippen LogP contribution < -0.4 is 0 Å². The number of nitrogens with zero attached hydrogens (tertiary/aromatic N) is 3. The number of carboxylic acid groups (broad SMARTS) is 1. The van der Waals surface area contributed by atoms with E-state index in [4.69, 9.17) is 5.11 Å². The summed E-state index contributed by atoms with van der Waals surface area (Å²) in [5, 5.41) is 17.5. The summed E-state index contributed by atoms with van der Waals surface area (Å²) in [5.41, 5.74) is 2.32. The van der Waals surface area contributed by atoms with Gasteiger partial charge in [-0.05, 0) is 18.4 Å². The molecule has 0 saturated heterocycles. The minimum atomic E-state index is -0.857. The van der Waals surface area contributed by atoms with E-state index in [9.17, 15) is 4.79 Å². The Labute approximate surface area is 128 Å². The molecule has 21 heavy (non-hydrogen) atoms. The van der Waals surface area contributed by atoms with Gasteiger partial charge in [0.05, 0.1) is 5.75 Å². The summed E-state index contributed by atoms with van der Waals surface area (Å²) in [7, 11) is 1.85. The van der Waals surface area contributed by atoms with Gasteiger partial charge in [-0.3, -0.25) is 4.79 Å². The highest BCUT2D eigenvalue weighted by Gasteiger charge is 2.12. The number of benzene rings is 1. The Bertz CT molecular complexity index is 608. The predicted molar refractivity (Wildman–Crippen MR) is 83.4 cm³/mol. The monoisotopic (exact) mass is 305 g/mol. The van der Waals surface area contributed by atoms with Crippen LogP contribution in [0.5, 0.6) is 0 Å². The summed E-state index contributed by atoms with van der Waals surface area (Å²) in [4.78, 5) is 10.6. The van der Waals surface area contributed by atoms with E-state index in [1.807, 2.05) is 23.7 Å². The van der Waals surface area contributed by atoms with Crippen molar-refractivity contribution in [3.8, 4) is 11.4 Å². The molecule has 1 aromatic heterocycles. The van der Waals surface area contributed by atoms with E-state index in [1.54, 1.807) is 0 Å². The van der Waals surface area contributed by atoms with Gasteiger partial charge in [0.1, 0.15) is 0 Å². The molecule has 2 rings (SSSR count). The van der Waals surface area contributed by atoms with Crippen molar-refractivity contribution in [2.75, 3.05) is 5.75 Å². The lowest BCUT2D eigenvalue weighted by Crippen LogP contribution is -2.01. The van der Waals surface area contributed by atoms with Gasteiger partial charge in [0, 0.05) is 12.6 Å². The first-order chi connectivity index (χ1) is 10.1. The van der Waals surface area contributed by atoms with Gasteiger partial charge in [0.25, 0.3) is 0 Å². The van der Waals surface area contributed by atoms with Gasteiger partial charge < -0.3 is 9.67 Å². The number of hydrogen-bond donors (Lipinski definition) is 1. The van der Waals surface area contributed by atoms with Crippen molar-refractivity contribution < 1.29 is 9.90 Å². The summed E-state index contributed by atoms with van der Waals surface area (Å²) < 4.78 is 1.83. The number of rotatable bonds is 7. The standard InChI is InChI=1S/C15H19N3O2S/c1-3-4-5-11-6-8-12(9-7-11)14-16-17-15(18(14)2)21-10-13(19)20/h6-9H,3-5,10H2,1-2H3,(H,19,20). The van der Waals surface area contributed by atoms with E-state index in [1.165, 1.54) is 30.2 Å². The molecular weight excluding hydrogens is 286 g/mol. The van der Waals surface area contributed by atoms with Gasteiger partial charge >= 0.3 is 5.97 Å². The summed E-state index contributed by atoms with van der Waals surface area (Å²) in [6, 6.07) is 8.31. The number of aryl methyl sites for hydroxylation is 1. The van der Waals surface area contributed by atoms with Gasteiger partial charge in [0.2, 0.25) is 0 Å². The quantitative estimate of drug-likeness (QED) is 0.796. The Balaban J connectivity index is 2.12. The second-order valence-corrected chi connectivity index (χ2v) is 5.79. The average Bonchev–Trinajstić information content (AvgIpc) is 2.84. The fraction of sp³-hybridized carbons (Fsp3) is 0.400. The van der Waals surface area contributed by atoms with Gasteiger partial charge in [-0.25, -0.2) is 0 Å². The van der Waals surface area contributed by atoms with Crippen LogP contribution in [0.1, 0.15) is 25.3 Å². The van der Waals surface area contributed by atoms with Crippen molar-refractivity contribution in [2.24, 2.45) is 7.05 Å². The van der Waals surface area contributed by atoms with Gasteiger partial charge in [-0.1, -0.05) is 49.4 Å². The van der Waals surface area contributed by atoms with Gasteiger partial charge in [-0.2, -0.15) is 0 Å². The minimum absolute atomic E-state index is 0.0120. The fourth-order valence-corrected chi connectivity index (χ4v) is 2.65. The summed E-state index contributed by atoms with van der Waals surface area (Å²) in [5.74, 6) is -0.114. The molecule has 0 bridgehead atoms. The lowest BCUT2D eigenvalue weighted by Gasteiger charge is -2.04. The molecule has 0 unspecified atom stereocenters. The Morgan fingerprint density at radius 2 is 2.00 bits per heavy atom. The first-order valence-corrected chi connectivity index (χ1v) is 7.93. The minimum Gasteiger partial charge on any atom is -0.481 e. The number of unbranched alkanes of at least 4 members (excludes halogenated alkanes) is 1. The highest BCUT2D eigenvalue weighted by Crippen LogP contribution is 2.23. The number of aliphatic carboxylic acids is 1. The first kappa shape index (κ1) is 15.6. The highest BCUT2D eigenvalue weighted by atomic mass is 32.2. The van der Waals surface area contributed by atoms with E-state index < -0.39 is 5.97 Å². The van der Waals surface area contributed by atoms with E-state index in [2.05, 4.69) is 29.3 Å². The Kier molecular flexibility index (Phi) is 5.38. The van der Waals surface area contributed by atoms with Gasteiger partial charge in [-0.15, -0.1) is 10.2 Å². The third kappa shape index (κ3) is 4.07. The smallest absolute Gasteiger partial charge is 0.313 e. The third-order valence-corrected chi connectivity index (χ3v) is 4.20. The van der Waals surface area contributed by atoms with Crippen molar-refractivity contribution in [1.82, 2.24) is 14.8 Å². The van der Waals surface area contributed by atoms with Crippen molar-refractivity contribution >= 4 is 17.7 Å². The zero-order valence-electron chi connectivity index (χ0n) is 12.2. The lowest BCUT2D eigenvalue weighted by molar-refractivity contribution is -0.133. The SMILES string of the molecule is CCCCc1ccc(-c2nnc(SCC(=O)O)n2C)cc1. The zero-order chi connectivity index (χ0) is 15.2. The van der Waals surface area contributed by atoms with Crippen molar-refractivity contribution in [3.63, 3.8) is 0 Å². The van der Waals surface area contributed by atoms with E-state index in [-0.39, 0.29) is 5.75 Å². The van der Waals surface area contributed by atoms with Crippen LogP contribution in [0.25, 0.3) is 11.4 Å². The Morgan fingerprint density at radius 1 is 1.29 bits per heavy atom. The maximum atomic E-state index is 10.6. The van der Waals surface area contributed by atoms with Crippen LogP contribution in [0.2, 0.25) is 0 Å². The van der Waals surface area contributed by atoms with Gasteiger partial charge in [0.15, 0.2) is 11.0 Å². The lowest BCUT2D eigenvalue weighted by atomic mass is 10.1.